The molecule has 1 atom stereocenters. The van der Waals surface area contributed by atoms with Crippen LogP contribution in [0.4, 0.5) is 5.69 Å². The van der Waals surface area contributed by atoms with E-state index in [0.717, 1.165) is 22.6 Å². The van der Waals surface area contributed by atoms with Crippen molar-refractivity contribution in [1.82, 2.24) is 0 Å². The van der Waals surface area contributed by atoms with E-state index >= 15 is 0 Å². The van der Waals surface area contributed by atoms with E-state index < -0.39 is 0 Å². The maximum Gasteiger partial charge on any atom is 0.336 e. The Morgan fingerprint density at radius 3 is 2.63 bits per heavy atom. The predicted octanol–water partition coefficient (Wildman–Crippen LogP) is 3.73. The van der Waals surface area contributed by atoms with Crippen LogP contribution in [0.5, 0.6) is 5.75 Å². The molecule has 138 valence electrons. The molecule has 2 heterocycles. The summed E-state index contributed by atoms with van der Waals surface area (Å²) >= 11 is 0. The lowest BCUT2D eigenvalue weighted by Crippen LogP contribution is -2.37. The Kier molecular flexibility index (Phi) is 4.44. The van der Waals surface area contributed by atoms with Crippen molar-refractivity contribution in [2.75, 3.05) is 18.1 Å². The third-order valence-corrected chi connectivity index (χ3v) is 4.97. The van der Waals surface area contributed by atoms with E-state index in [0.29, 0.717) is 17.9 Å². The standard InChI is InChI=1S/C22H21NO4/c1-3-26-17-9-7-15(8-10-17)18-12-20(24)23(16-6-4-5-14(2)11-16)19-13-27-22(25)21(18)19/h4-11,18H,3,12-13H2,1-2H3. The van der Waals surface area contributed by atoms with Gasteiger partial charge in [0, 0.05) is 18.0 Å². The van der Waals surface area contributed by atoms with Gasteiger partial charge < -0.3 is 9.47 Å². The molecule has 0 saturated heterocycles. The number of hydrogen-bond acceptors (Lipinski definition) is 4. The molecule has 2 aliphatic rings. The number of rotatable bonds is 4. The van der Waals surface area contributed by atoms with Gasteiger partial charge in [-0.15, -0.1) is 0 Å². The lowest BCUT2D eigenvalue weighted by molar-refractivity contribution is -0.136. The van der Waals surface area contributed by atoms with Gasteiger partial charge in [0.2, 0.25) is 5.91 Å². The van der Waals surface area contributed by atoms with Crippen molar-refractivity contribution in [2.24, 2.45) is 0 Å². The van der Waals surface area contributed by atoms with Gasteiger partial charge >= 0.3 is 5.97 Å². The number of carbonyl (C=O) groups is 2. The lowest BCUT2D eigenvalue weighted by atomic mass is 9.84. The van der Waals surface area contributed by atoms with Gasteiger partial charge in [0.15, 0.2) is 0 Å². The average molecular weight is 363 g/mol. The molecule has 2 aromatic rings. The minimum absolute atomic E-state index is 0.0310. The number of carbonyl (C=O) groups excluding carboxylic acids is 2. The summed E-state index contributed by atoms with van der Waals surface area (Å²) in [6, 6.07) is 15.3. The Hall–Kier alpha value is -3.08. The van der Waals surface area contributed by atoms with Crippen LogP contribution < -0.4 is 9.64 Å². The number of anilines is 1. The number of amides is 1. The average Bonchev–Trinajstić information content (AvgIpc) is 3.03. The zero-order chi connectivity index (χ0) is 19.0. The topological polar surface area (TPSA) is 55.8 Å². The van der Waals surface area contributed by atoms with Gasteiger partial charge in [0.1, 0.15) is 12.4 Å². The maximum absolute atomic E-state index is 13.0. The molecule has 0 aromatic heterocycles. The smallest absolute Gasteiger partial charge is 0.336 e. The zero-order valence-electron chi connectivity index (χ0n) is 15.4. The molecule has 5 nitrogen and oxygen atoms in total. The Balaban J connectivity index is 1.75. The molecule has 0 bridgehead atoms. The van der Waals surface area contributed by atoms with E-state index in [1.807, 2.05) is 62.4 Å². The first-order valence-electron chi connectivity index (χ1n) is 9.11. The van der Waals surface area contributed by atoms with Crippen LogP contribution in [-0.2, 0) is 14.3 Å². The van der Waals surface area contributed by atoms with Crippen molar-refractivity contribution < 1.29 is 19.1 Å². The van der Waals surface area contributed by atoms with E-state index in [-0.39, 0.29) is 30.8 Å². The molecule has 0 aliphatic carbocycles. The van der Waals surface area contributed by atoms with Gasteiger partial charge in [-0.1, -0.05) is 24.3 Å². The number of esters is 1. The van der Waals surface area contributed by atoms with Crippen LogP contribution in [0.25, 0.3) is 0 Å². The van der Waals surface area contributed by atoms with E-state index in [1.165, 1.54) is 0 Å². The third kappa shape index (κ3) is 3.10. The largest absolute Gasteiger partial charge is 0.494 e. The summed E-state index contributed by atoms with van der Waals surface area (Å²) < 4.78 is 10.8. The fourth-order valence-corrected chi connectivity index (χ4v) is 3.77. The highest BCUT2D eigenvalue weighted by Crippen LogP contribution is 2.42. The molecule has 0 spiro atoms. The van der Waals surface area contributed by atoms with Crippen molar-refractivity contribution in [3.63, 3.8) is 0 Å². The number of benzene rings is 2. The zero-order valence-corrected chi connectivity index (χ0v) is 15.4. The van der Waals surface area contributed by atoms with Crippen LogP contribution >= 0.6 is 0 Å². The summed E-state index contributed by atoms with van der Waals surface area (Å²) in [4.78, 5) is 27.1. The number of cyclic esters (lactones) is 1. The van der Waals surface area contributed by atoms with E-state index in [2.05, 4.69) is 0 Å². The van der Waals surface area contributed by atoms with E-state index in [9.17, 15) is 9.59 Å². The Bertz CT molecular complexity index is 930. The van der Waals surface area contributed by atoms with Crippen molar-refractivity contribution in [1.29, 1.82) is 0 Å². The maximum atomic E-state index is 13.0. The highest BCUT2D eigenvalue weighted by atomic mass is 16.5. The molecule has 2 aliphatic heterocycles. The van der Waals surface area contributed by atoms with Crippen molar-refractivity contribution in [3.8, 4) is 5.75 Å². The minimum Gasteiger partial charge on any atom is -0.494 e. The first-order chi connectivity index (χ1) is 13.1. The van der Waals surface area contributed by atoms with Crippen LogP contribution in [0.1, 0.15) is 30.4 Å². The Labute approximate surface area is 158 Å². The fraction of sp³-hybridized carbons (Fsp3) is 0.273. The summed E-state index contributed by atoms with van der Waals surface area (Å²) in [5.41, 5.74) is 3.99. The van der Waals surface area contributed by atoms with Gasteiger partial charge in [0.05, 0.1) is 17.9 Å². The molecule has 0 fully saturated rings. The highest BCUT2D eigenvalue weighted by Gasteiger charge is 2.42. The molecular weight excluding hydrogens is 342 g/mol. The Morgan fingerprint density at radius 2 is 1.93 bits per heavy atom. The summed E-state index contributed by atoms with van der Waals surface area (Å²) in [5, 5.41) is 0. The van der Waals surface area contributed by atoms with Crippen molar-refractivity contribution >= 4 is 17.6 Å². The molecular formula is C22H21NO4. The normalized spacial score (nSPS) is 19.2. The summed E-state index contributed by atoms with van der Waals surface area (Å²) in [5.74, 6) is 0.109. The first kappa shape index (κ1) is 17.3. The fourth-order valence-electron chi connectivity index (χ4n) is 3.77. The molecule has 5 heteroatoms. The van der Waals surface area contributed by atoms with Gasteiger partial charge in [-0.3, -0.25) is 9.69 Å². The number of ether oxygens (including phenoxy) is 2. The number of hydrogen-bond donors (Lipinski definition) is 0. The molecule has 2 aromatic carbocycles. The van der Waals surface area contributed by atoms with Crippen LogP contribution in [0.15, 0.2) is 59.8 Å². The molecule has 4 rings (SSSR count). The molecule has 0 N–H and O–H groups in total. The van der Waals surface area contributed by atoms with E-state index in [4.69, 9.17) is 9.47 Å². The van der Waals surface area contributed by atoms with Crippen LogP contribution in [-0.4, -0.2) is 25.1 Å². The Morgan fingerprint density at radius 1 is 1.15 bits per heavy atom. The van der Waals surface area contributed by atoms with E-state index in [1.54, 1.807) is 4.90 Å². The van der Waals surface area contributed by atoms with Gasteiger partial charge in [0.25, 0.3) is 0 Å². The lowest BCUT2D eigenvalue weighted by Gasteiger charge is -2.32. The summed E-state index contributed by atoms with van der Waals surface area (Å²) in [6.07, 6.45) is 0.232. The monoisotopic (exact) mass is 363 g/mol. The second-order valence-corrected chi connectivity index (χ2v) is 6.76. The SMILES string of the molecule is CCOc1ccc(C2CC(=O)N(c3cccc(C)c3)C3=C2C(=O)OC3)cc1. The first-order valence-corrected chi connectivity index (χ1v) is 9.11. The quantitative estimate of drug-likeness (QED) is 0.777. The minimum atomic E-state index is -0.339. The van der Waals surface area contributed by atoms with Crippen molar-refractivity contribution in [2.45, 2.75) is 26.2 Å². The van der Waals surface area contributed by atoms with Crippen LogP contribution in [0, 0.1) is 6.92 Å². The molecule has 0 saturated carbocycles. The van der Waals surface area contributed by atoms with Gasteiger partial charge in [-0.05, 0) is 49.2 Å². The highest BCUT2D eigenvalue weighted by molar-refractivity contribution is 6.06. The second kappa shape index (κ2) is 6.91. The molecule has 27 heavy (non-hydrogen) atoms. The van der Waals surface area contributed by atoms with Crippen LogP contribution in [0.2, 0.25) is 0 Å². The summed E-state index contributed by atoms with van der Waals surface area (Å²) in [6.45, 7) is 4.63. The van der Waals surface area contributed by atoms with Gasteiger partial charge in [-0.25, -0.2) is 4.79 Å². The van der Waals surface area contributed by atoms with Gasteiger partial charge in [-0.2, -0.15) is 0 Å². The molecule has 0 radical (unpaired) electrons. The predicted molar refractivity (Wildman–Crippen MR) is 102 cm³/mol. The molecule has 1 amide bonds. The third-order valence-electron chi connectivity index (χ3n) is 4.97. The second-order valence-electron chi connectivity index (χ2n) is 6.76. The van der Waals surface area contributed by atoms with Crippen molar-refractivity contribution in [3.05, 3.63) is 70.9 Å². The molecule has 1 unspecified atom stereocenters. The number of aryl methyl sites for hydroxylation is 1. The summed E-state index contributed by atoms with van der Waals surface area (Å²) in [7, 11) is 0. The van der Waals surface area contributed by atoms with Crippen LogP contribution in [0.3, 0.4) is 0 Å². The number of nitrogens with zero attached hydrogens (tertiary/aromatic N) is 1.